The van der Waals surface area contributed by atoms with Gasteiger partial charge in [0.2, 0.25) is 0 Å². The summed E-state index contributed by atoms with van der Waals surface area (Å²) in [6.45, 7) is 8.78. The first kappa shape index (κ1) is 15.5. The van der Waals surface area contributed by atoms with Crippen molar-refractivity contribution < 1.29 is 0 Å². The summed E-state index contributed by atoms with van der Waals surface area (Å²) in [5.41, 5.74) is 3.10. The van der Waals surface area contributed by atoms with Gasteiger partial charge in [-0.3, -0.25) is 0 Å². The molecule has 1 rings (SSSR count). The molecule has 2 heteroatoms. The fraction of sp³-hybridized carbons (Fsp3) is 0.625. The van der Waals surface area contributed by atoms with Crippen LogP contribution in [0.5, 0.6) is 0 Å². The van der Waals surface area contributed by atoms with E-state index in [2.05, 4.69) is 50.4 Å². The molecule has 0 bridgehead atoms. The van der Waals surface area contributed by atoms with Gasteiger partial charge in [0.25, 0.3) is 0 Å². The predicted octanol–water partition coefficient (Wildman–Crippen LogP) is 4.38. The van der Waals surface area contributed by atoms with E-state index in [1.165, 1.54) is 17.5 Å². The SMILES string of the molecule is CCc1ccc(CNCC(C)(C)CCCCl)cc1. The number of halogens is 1. The topological polar surface area (TPSA) is 12.0 Å². The lowest BCUT2D eigenvalue weighted by molar-refractivity contribution is 0.311. The summed E-state index contributed by atoms with van der Waals surface area (Å²) in [7, 11) is 0. The van der Waals surface area contributed by atoms with E-state index in [1.54, 1.807) is 0 Å². The van der Waals surface area contributed by atoms with Gasteiger partial charge in [0, 0.05) is 19.0 Å². The molecule has 1 aromatic rings. The molecule has 18 heavy (non-hydrogen) atoms. The maximum Gasteiger partial charge on any atom is 0.0223 e. The number of alkyl halides is 1. The van der Waals surface area contributed by atoms with Crippen LogP contribution in [0.1, 0.15) is 44.7 Å². The van der Waals surface area contributed by atoms with Crippen LogP contribution < -0.4 is 5.32 Å². The smallest absolute Gasteiger partial charge is 0.0223 e. The van der Waals surface area contributed by atoms with Gasteiger partial charge in [-0.15, -0.1) is 11.6 Å². The van der Waals surface area contributed by atoms with Crippen molar-refractivity contribution in [2.45, 2.75) is 46.6 Å². The van der Waals surface area contributed by atoms with Crippen LogP contribution in [-0.4, -0.2) is 12.4 Å². The minimum Gasteiger partial charge on any atom is -0.312 e. The molecule has 0 aliphatic rings. The molecule has 0 radical (unpaired) electrons. The Hall–Kier alpha value is -0.530. The van der Waals surface area contributed by atoms with Crippen molar-refractivity contribution in [3.8, 4) is 0 Å². The fourth-order valence-corrected chi connectivity index (χ4v) is 2.21. The maximum absolute atomic E-state index is 5.75. The summed E-state index contributed by atoms with van der Waals surface area (Å²) >= 11 is 5.75. The molecule has 0 saturated heterocycles. The van der Waals surface area contributed by atoms with Crippen LogP contribution in [0.4, 0.5) is 0 Å². The van der Waals surface area contributed by atoms with E-state index in [4.69, 9.17) is 11.6 Å². The number of benzene rings is 1. The molecule has 1 N–H and O–H groups in total. The van der Waals surface area contributed by atoms with Gasteiger partial charge in [-0.25, -0.2) is 0 Å². The third kappa shape index (κ3) is 5.88. The monoisotopic (exact) mass is 267 g/mol. The highest BCUT2D eigenvalue weighted by atomic mass is 35.5. The molecular weight excluding hydrogens is 242 g/mol. The number of nitrogens with one attached hydrogen (secondary N) is 1. The summed E-state index contributed by atoms with van der Waals surface area (Å²) in [6.07, 6.45) is 3.39. The number of hydrogen-bond acceptors (Lipinski definition) is 1. The first-order valence-corrected chi connectivity index (χ1v) is 7.45. The van der Waals surface area contributed by atoms with Crippen LogP contribution in [-0.2, 0) is 13.0 Å². The van der Waals surface area contributed by atoms with Gasteiger partial charge >= 0.3 is 0 Å². The van der Waals surface area contributed by atoms with Gasteiger partial charge in [-0.2, -0.15) is 0 Å². The first-order chi connectivity index (χ1) is 8.57. The molecule has 0 heterocycles. The molecule has 0 atom stereocenters. The van der Waals surface area contributed by atoms with Gasteiger partial charge in [0.1, 0.15) is 0 Å². The van der Waals surface area contributed by atoms with E-state index < -0.39 is 0 Å². The summed E-state index contributed by atoms with van der Waals surface area (Å²) in [5, 5.41) is 3.55. The fourth-order valence-electron chi connectivity index (χ4n) is 2.07. The van der Waals surface area contributed by atoms with Crippen molar-refractivity contribution in [2.24, 2.45) is 5.41 Å². The third-order valence-corrected chi connectivity index (χ3v) is 3.62. The summed E-state index contributed by atoms with van der Waals surface area (Å²) in [5.74, 6) is 0.766. The quantitative estimate of drug-likeness (QED) is 0.689. The second-order valence-electron chi connectivity index (χ2n) is 5.73. The molecule has 1 nitrogen and oxygen atoms in total. The number of hydrogen-bond donors (Lipinski definition) is 1. The van der Waals surface area contributed by atoms with Gasteiger partial charge in [0.05, 0.1) is 0 Å². The zero-order valence-electron chi connectivity index (χ0n) is 11.9. The molecule has 0 spiro atoms. The van der Waals surface area contributed by atoms with Crippen molar-refractivity contribution in [1.29, 1.82) is 0 Å². The minimum absolute atomic E-state index is 0.332. The minimum atomic E-state index is 0.332. The van der Waals surface area contributed by atoms with Crippen LogP contribution >= 0.6 is 11.6 Å². The number of aryl methyl sites for hydroxylation is 1. The molecule has 0 unspecified atom stereocenters. The van der Waals surface area contributed by atoms with Crippen LogP contribution in [0.3, 0.4) is 0 Å². The number of rotatable bonds is 8. The molecule has 102 valence electrons. The normalized spacial score (nSPS) is 11.8. The average Bonchev–Trinajstić information content (AvgIpc) is 2.37. The Morgan fingerprint density at radius 1 is 1.11 bits per heavy atom. The van der Waals surface area contributed by atoms with Crippen LogP contribution in [0.2, 0.25) is 0 Å². The van der Waals surface area contributed by atoms with Crippen LogP contribution in [0.15, 0.2) is 24.3 Å². The van der Waals surface area contributed by atoms with Gasteiger partial charge in [-0.1, -0.05) is 45.0 Å². The van der Waals surface area contributed by atoms with Crippen LogP contribution in [0.25, 0.3) is 0 Å². The highest BCUT2D eigenvalue weighted by Gasteiger charge is 2.16. The van der Waals surface area contributed by atoms with Crippen molar-refractivity contribution in [2.75, 3.05) is 12.4 Å². The van der Waals surface area contributed by atoms with E-state index in [1.807, 2.05) is 0 Å². The molecule has 0 aromatic heterocycles. The second kappa shape index (κ2) is 7.81. The average molecular weight is 268 g/mol. The predicted molar refractivity (Wildman–Crippen MR) is 81.3 cm³/mol. The molecule has 0 aliphatic heterocycles. The Morgan fingerprint density at radius 2 is 1.72 bits per heavy atom. The Balaban J connectivity index is 2.31. The maximum atomic E-state index is 5.75. The van der Waals surface area contributed by atoms with E-state index in [0.717, 1.165) is 31.8 Å². The Morgan fingerprint density at radius 3 is 2.28 bits per heavy atom. The van der Waals surface area contributed by atoms with E-state index in [-0.39, 0.29) is 0 Å². The molecule has 0 saturated carbocycles. The lowest BCUT2D eigenvalue weighted by Gasteiger charge is -2.24. The van der Waals surface area contributed by atoms with Gasteiger partial charge < -0.3 is 5.32 Å². The zero-order chi connectivity index (χ0) is 13.4. The molecular formula is C16H26ClN. The van der Waals surface area contributed by atoms with Gasteiger partial charge in [0.15, 0.2) is 0 Å². The van der Waals surface area contributed by atoms with Crippen molar-refractivity contribution in [3.63, 3.8) is 0 Å². The highest BCUT2D eigenvalue weighted by molar-refractivity contribution is 6.17. The molecule has 1 aromatic carbocycles. The van der Waals surface area contributed by atoms with E-state index in [9.17, 15) is 0 Å². The van der Waals surface area contributed by atoms with Gasteiger partial charge in [-0.05, 0) is 35.8 Å². The van der Waals surface area contributed by atoms with Crippen LogP contribution in [0, 0.1) is 5.41 Å². The van der Waals surface area contributed by atoms with Crippen molar-refractivity contribution in [3.05, 3.63) is 35.4 Å². The summed E-state index contributed by atoms with van der Waals surface area (Å²) < 4.78 is 0. The van der Waals surface area contributed by atoms with Crippen molar-refractivity contribution >= 4 is 11.6 Å². The lowest BCUT2D eigenvalue weighted by atomic mass is 9.88. The zero-order valence-corrected chi connectivity index (χ0v) is 12.7. The second-order valence-corrected chi connectivity index (χ2v) is 6.11. The van der Waals surface area contributed by atoms with E-state index >= 15 is 0 Å². The Bertz CT molecular complexity index is 329. The Labute approximate surface area is 117 Å². The summed E-state index contributed by atoms with van der Waals surface area (Å²) in [6, 6.07) is 8.88. The molecule has 0 fully saturated rings. The molecule has 0 aliphatic carbocycles. The largest absolute Gasteiger partial charge is 0.312 e. The molecule has 0 amide bonds. The highest BCUT2D eigenvalue weighted by Crippen LogP contribution is 2.21. The van der Waals surface area contributed by atoms with Crippen molar-refractivity contribution in [1.82, 2.24) is 5.32 Å². The summed E-state index contributed by atoms with van der Waals surface area (Å²) in [4.78, 5) is 0. The standard InChI is InChI=1S/C16H26ClN/c1-4-14-6-8-15(9-7-14)12-18-13-16(2,3)10-5-11-17/h6-9,18H,4-5,10-13H2,1-3H3. The lowest BCUT2D eigenvalue weighted by Crippen LogP contribution is -2.29. The first-order valence-electron chi connectivity index (χ1n) is 6.92. The Kier molecular flexibility index (Phi) is 6.73. The third-order valence-electron chi connectivity index (χ3n) is 3.35. The van der Waals surface area contributed by atoms with E-state index in [0.29, 0.717) is 5.41 Å².